The van der Waals surface area contributed by atoms with E-state index in [9.17, 15) is 0 Å². The fourth-order valence-electron chi connectivity index (χ4n) is 1.75. The van der Waals surface area contributed by atoms with Crippen molar-refractivity contribution in [1.29, 1.82) is 0 Å². The smallest absolute Gasteiger partial charge is 0.122 e. The standard InChI is InChI=1S/C15H17NO/c1-11-5-3-4-6-15(11)17-10-13-7-8-14(16)9-12(13)2/h3-9H,10,16H2,1-2H3. The van der Waals surface area contributed by atoms with Crippen molar-refractivity contribution in [3.8, 4) is 5.75 Å². The summed E-state index contributed by atoms with van der Waals surface area (Å²) in [5, 5.41) is 0. The van der Waals surface area contributed by atoms with Gasteiger partial charge in [-0.3, -0.25) is 0 Å². The second kappa shape index (κ2) is 4.91. The second-order valence-electron chi connectivity index (χ2n) is 4.24. The molecule has 88 valence electrons. The maximum Gasteiger partial charge on any atom is 0.122 e. The van der Waals surface area contributed by atoms with Gasteiger partial charge in [0.1, 0.15) is 12.4 Å². The van der Waals surface area contributed by atoms with Gasteiger partial charge < -0.3 is 10.5 Å². The average Bonchev–Trinajstić information content (AvgIpc) is 2.30. The van der Waals surface area contributed by atoms with E-state index in [1.54, 1.807) is 0 Å². The molecular formula is C15H17NO. The Kier molecular flexibility index (Phi) is 3.33. The number of nitrogens with two attached hydrogens (primary N) is 1. The number of ether oxygens (including phenoxy) is 1. The van der Waals surface area contributed by atoms with Crippen molar-refractivity contribution in [2.45, 2.75) is 20.5 Å². The summed E-state index contributed by atoms with van der Waals surface area (Å²) in [7, 11) is 0. The molecule has 0 unspecified atom stereocenters. The molecule has 0 radical (unpaired) electrons. The maximum absolute atomic E-state index is 5.80. The van der Waals surface area contributed by atoms with Gasteiger partial charge in [0.15, 0.2) is 0 Å². The molecular weight excluding hydrogens is 210 g/mol. The van der Waals surface area contributed by atoms with E-state index in [-0.39, 0.29) is 0 Å². The number of aryl methyl sites for hydroxylation is 2. The fourth-order valence-corrected chi connectivity index (χ4v) is 1.75. The van der Waals surface area contributed by atoms with Gasteiger partial charge in [-0.05, 0) is 48.7 Å². The lowest BCUT2D eigenvalue weighted by atomic mass is 10.1. The quantitative estimate of drug-likeness (QED) is 0.815. The van der Waals surface area contributed by atoms with Gasteiger partial charge in [0.25, 0.3) is 0 Å². The minimum atomic E-state index is 0.580. The second-order valence-corrected chi connectivity index (χ2v) is 4.24. The fraction of sp³-hybridized carbons (Fsp3) is 0.200. The Balaban J connectivity index is 2.10. The molecule has 0 aliphatic rings. The van der Waals surface area contributed by atoms with Crippen LogP contribution in [0.15, 0.2) is 42.5 Å². The van der Waals surface area contributed by atoms with Gasteiger partial charge >= 0.3 is 0 Å². The summed E-state index contributed by atoms with van der Waals surface area (Å²) in [5.74, 6) is 0.934. The number of para-hydroxylation sites is 1. The first-order valence-corrected chi connectivity index (χ1v) is 5.70. The number of benzene rings is 2. The molecule has 2 heteroatoms. The summed E-state index contributed by atoms with van der Waals surface area (Å²) < 4.78 is 5.80. The molecule has 0 aliphatic heterocycles. The molecule has 0 spiro atoms. The molecule has 0 bridgehead atoms. The highest BCUT2D eigenvalue weighted by atomic mass is 16.5. The van der Waals surface area contributed by atoms with Crippen LogP contribution in [0.2, 0.25) is 0 Å². The van der Waals surface area contributed by atoms with Gasteiger partial charge in [0.2, 0.25) is 0 Å². The van der Waals surface area contributed by atoms with Gasteiger partial charge in [-0.2, -0.15) is 0 Å². The van der Waals surface area contributed by atoms with Crippen molar-refractivity contribution in [3.63, 3.8) is 0 Å². The van der Waals surface area contributed by atoms with Crippen LogP contribution in [-0.4, -0.2) is 0 Å². The molecule has 0 heterocycles. The maximum atomic E-state index is 5.80. The lowest BCUT2D eigenvalue weighted by molar-refractivity contribution is 0.303. The van der Waals surface area contributed by atoms with Gasteiger partial charge in [-0.15, -0.1) is 0 Å². The Morgan fingerprint density at radius 2 is 1.76 bits per heavy atom. The van der Waals surface area contributed by atoms with Gasteiger partial charge in [0.05, 0.1) is 0 Å². The first-order chi connectivity index (χ1) is 8.16. The number of anilines is 1. The van der Waals surface area contributed by atoms with Crippen molar-refractivity contribution < 1.29 is 4.74 Å². The minimum absolute atomic E-state index is 0.580. The van der Waals surface area contributed by atoms with Crippen LogP contribution in [0.25, 0.3) is 0 Å². The predicted molar refractivity (Wildman–Crippen MR) is 71.1 cm³/mol. The minimum Gasteiger partial charge on any atom is -0.489 e. The first-order valence-electron chi connectivity index (χ1n) is 5.70. The summed E-state index contributed by atoms with van der Waals surface area (Å²) in [6.45, 7) is 4.68. The zero-order valence-corrected chi connectivity index (χ0v) is 10.2. The molecule has 0 aromatic heterocycles. The molecule has 2 aromatic carbocycles. The lowest BCUT2D eigenvalue weighted by Crippen LogP contribution is -1.99. The van der Waals surface area contributed by atoms with E-state index in [4.69, 9.17) is 10.5 Å². The molecule has 0 atom stereocenters. The van der Waals surface area contributed by atoms with E-state index in [0.29, 0.717) is 6.61 Å². The Morgan fingerprint density at radius 3 is 2.47 bits per heavy atom. The number of hydrogen-bond acceptors (Lipinski definition) is 2. The molecule has 0 amide bonds. The van der Waals surface area contributed by atoms with Gasteiger partial charge in [-0.1, -0.05) is 24.3 Å². The monoisotopic (exact) mass is 227 g/mol. The summed E-state index contributed by atoms with van der Waals surface area (Å²) in [4.78, 5) is 0. The average molecular weight is 227 g/mol. The van der Waals surface area contributed by atoms with E-state index in [1.165, 1.54) is 11.1 Å². The van der Waals surface area contributed by atoms with Crippen molar-refractivity contribution in [1.82, 2.24) is 0 Å². The summed E-state index contributed by atoms with van der Waals surface area (Å²) in [5.41, 5.74) is 10.00. The Morgan fingerprint density at radius 1 is 1.00 bits per heavy atom. The Labute approximate surface area is 102 Å². The number of rotatable bonds is 3. The highest BCUT2D eigenvalue weighted by molar-refractivity contribution is 5.44. The predicted octanol–water partition coefficient (Wildman–Crippen LogP) is 3.46. The summed E-state index contributed by atoms with van der Waals surface area (Å²) >= 11 is 0. The third-order valence-corrected chi connectivity index (χ3v) is 2.84. The largest absolute Gasteiger partial charge is 0.489 e. The molecule has 2 nitrogen and oxygen atoms in total. The van der Waals surface area contributed by atoms with E-state index in [1.807, 2.05) is 56.3 Å². The van der Waals surface area contributed by atoms with Crippen LogP contribution in [0.4, 0.5) is 5.69 Å². The van der Waals surface area contributed by atoms with Crippen molar-refractivity contribution in [3.05, 3.63) is 59.2 Å². The van der Waals surface area contributed by atoms with Crippen LogP contribution in [0, 0.1) is 13.8 Å². The molecule has 2 N–H and O–H groups in total. The van der Waals surface area contributed by atoms with E-state index >= 15 is 0 Å². The van der Waals surface area contributed by atoms with Crippen LogP contribution in [0.3, 0.4) is 0 Å². The van der Waals surface area contributed by atoms with Crippen molar-refractivity contribution in [2.75, 3.05) is 5.73 Å². The third-order valence-electron chi connectivity index (χ3n) is 2.84. The molecule has 0 fully saturated rings. The summed E-state index contributed by atoms with van der Waals surface area (Å²) in [6.07, 6.45) is 0. The first kappa shape index (κ1) is 11.5. The van der Waals surface area contributed by atoms with Gasteiger partial charge in [-0.25, -0.2) is 0 Å². The molecule has 0 aliphatic carbocycles. The van der Waals surface area contributed by atoms with Crippen LogP contribution >= 0.6 is 0 Å². The van der Waals surface area contributed by atoms with Crippen LogP contribution < -0.4 is 10.5 Å². The molecule has 0 saturated heterocycles. The van der Waals surface area contributed by atoms with Gasteiger partial charge in [0, 0.05) is 5.69 Å². The van der Waals surface area contributed by atoms with Crippen molar-refractivity contribution in [2.24, 2.45) is 0 Å². The van der Waals surface area contributed by atoms with Crippen LogP contribution in [0.5, 0.6) is 5.75 Å². The topological polar surface area (TPSA) is 35.2 Å². The molecule has 0 saturated carbocycles. The number of nitrogen functional groups attached to an aromatic ring is 1. The van der Waals surface area contributed by atoms with Crippen molar-refractivity contribution >= 4 is 5.69 Å². The highest BCUT2D eigenvalue weighted by Crippen LogP contribution is 2.19. The molecule has 2 aromatic rings. The SMILES string of the molecule is Cc1cc(N)ccc1COc1ccccc1C. The lowest BCUT2D eigenvalue weighted by Gasteiger charge is -2.11. The Hall–Kier alpha value is -1.96. The molecule has 2 rings (SSSR count). The molecule has 17 heavy (non-hydrogen) atoms. The highest BCUT2D eigenvalue weighted by Gasteiger charge is 2.02. The van der Waals surface area contributed by atoms with E-state index in [2.05, 4.69) is 0 Å². The normalized spacial score (nSPS) is 10.2. The van der Waals surface area contributed by atoms with E-state index < -0.39 is 0 Å². The van der Waals surface area contributed by atoms with E-state index in [0.717, 1.165) is 17.0 Å². The van der Waals surface area contributed by atoms with Crippen LogP contribution in [0.1, 0.15) is 16.7 Å². The van der Waals surface area contributed by atoms with Crippen LogP contribution in [-0.2, 0) is 6.61 Å². The zero-order valence-electron chi connectivity index (χ0n) is 10.2. The zero-order chi connectivity index (χ0) is 12.3. The third kappa shape index (κ3) is 2.78. The number of hydrogen-bond donors (Lipinski definition) is 1. The Bertz CT molecular complexity index is 520. The summed E-state index contributed by atoms with van der Waals surface area (Å²) in [6, 6.07) is 13.9.